The first kappa shape index (κ1) is 16.0. The van der Waals surface area contributed by atoms with Crippen LogP contribution in [0.25, 0.3) is 0 Å². The minimum Gasteiger partial charge on any atom is -0.481 e. The largest absolute Gasteiger partial charge is 0.481 e. The lowest BCUT2D eigenvalue weighted by molar-refractivity contribution is -0.146. The molecule has 110 valence electrons. The van der Waals surface area contributed by atoms with Crippen molar-refractivity contribution in [3.05, 3.63) is 0 Å². The van der Waals surface area contributed by atoms with Gasteiger partial charge in [-0.1, -0.05) is 20.3 Å². The van der Waals surface area contributed by atoms with Crippen molar-refractivity contribution < 1.29 is 19.4 Å². The second-order valence-electron chi connectivity index (χ2n) is 5.38. The molecule has 19 heavy (non-hydrogen) atoms. The Morgan fingerprint density at radius 1 is 1.26 bits per heavy atom. The Kier molecular flexibility index (Phi) is 6.84. The highest BCUT2D eigenvalue weighted by Crippen LogP contribution is 2.36. The molecule has 5 nitrogen and oxygen atoms in total. The standard InChI is InChI=1S/C14H25NO4/c1-3-4-6-19-7-5-15-13(16)11-8-10(2)9-12(11)14(17)18/h10-12H,3-9H2,1-2H3,(H,15,16)(H,17,18)/t10?,11-,12+/m0/s1. The highest BCUT2D eigenvalue weighted by atomic mass is 16.5. The highest BCUT2D eigenvalue weighted by molar-refractivity contribution is 5.85. The van der Waals surface area contributed by atoms with Crippen LogP contribution in [0.4, 0.5) is 0 Å². The average Bonchev–Trinajstić information content (AvgIpc) is 2.76. The van der Waals surface area contributed by atoms with Gasteiger partial charge in [0.2, 0.25) is 5.91 Å². The van der Waals surface area contributed by atoms with Gasteiger partial charge in [0, 0.05) is 13.2 Å². The third-order valence-corrected chi connectivity index (χ3v) is 3.64. The van der Waals surface area contributed by atoms with Crippen molar-refractivity contribution in [3.8, 4) is 0 Å². The molecule has 0 heterocycles. The van der Waals surface area contributed by atoms with Crippen molar-refractivity contribution in [1.29, 1.82) is 0 Å². The third kappa shape index (κ3) is 5.19. The maximum atomic E-state index is 12.0. The summed E-state index contributed by atoms with van der Waals surface area (Å²) >= 11 is 0. The van der Waals surface area contributed by atoms with E-state index in [0.29, 0.717) is 38.5 Å². The first-order chi connectivity index (χ1) is 9.06. The monoisotopic (exact) mass is 271 g/mol. The normalized spacial score (nSPS) is 26.3. The van der Waals surface area contributed by atoms with Crippen molar-refractivity contribution in [2.45, 2.75) is 39.5 Å². The van der Waals surface area contributed by atoms with E-state index in [9.17, 15) is 9.59 Å². The molecule has 2 N–H and O–H groups in total. The van der Waals surface area contributed by atoms with Gasteiger partial charge in [-0.15, -0.1) is 0 Å². The zero-order chi connectivity index (χ0) is 14.3. The molecule has 5 heteroatoms. The fourth-order valence-corrected chi connectivity index (χ4v) is 2.58. The Balaban J connectivity index is 2.26. The van der Waals surface area contributed by atoms with Crippen LogP contribution in [-0.2, 0) is 14.3 Å². The fourth-order valence-electron chi connectivity index (χ4n) is 2.58. The highest BCUT2D eigenvalue weighted by Gasteiger charge is 2.40. The molecule has 1 amide bonds. The lowest BCUT2D eigenvalue weighted by Gasteiger charge is -2.15. The molecule has 1 rings (SSSR count). The van der Waals surface area contributed by atoms with Crippen LogP contribution in [0, 0.1) is 17.8 Å². The van der Waals surface area contributed by atoms with E-state index in [4.69, 9.17) is 9.84 Å². The van der Waals surface area contributed by atoms with Gasteiger partial charge in [-0.3, -0.25) is 9.59 Å². The van der Waals surface area contributed by atoms with Gasteiger partial charge >= 0.3 is 5.97 Å². The second kappa shape index (κ2) is 8.15. The van der Waals surface area contributed by atoms with Crippen LogP contribution in [-0.4, -0.2) is 36.7 Å². The summed E-state index contributed by atoms with van der Waals surface area (Å²) in [5.41, 5.74) is 0. The van der Waals surface area contributed by atoms with Gasteiger partial charge in [-0.2, -0.15) is 0 Å². The maximum absolute atomic E-state index is 12.0. The van der Waals surface area contributed by atoms with Crippen LogP contribution in [0.2, 0.25) is 0 Å². The SMILES string of the molecule is CCCCOCCNC(=O)[C@H]1CC(C)C[C@H]1C(=O)O. The molecule has 1 fully saturated rings. The van der Waals surface area contributed by atoms with Gasteiger partial charge < -0.3 is 15.2 Å². The molecule has 0 aromatic rings. The summed E-state index contributed by atoms with van der Waals surface area (Å²) in [4.78, 5) is 23.1. The predicted octanol–water partition coefficient (Wildman–Crippen LogP) is 1.67. The van der Waals surface area contributed by atoms with E-state index in [1.807, 2.05) is 6.92 Å². The van der Waals surface area contributed by atoms with Gasteiger partial charge in [0.1, 0.15) is 0 Å². The van der Waals surface area contributed by atoms with Crippen molar-refractivity contribution in [2.24, 2.45) is 17.8 Å². The zero-order valence-electron chi connectivity index (χ0n) is 11.9. The minimum atomic E-state index is -0.858. The van der Waals surface area contributed by atoms with Crippen molar-refractivity contribution in [1.82, 2.24) is 5.32 Å². The van der Waals surface area contributed by atoms with Crippen molar-refractivity contribution >= 4 is 11.9 Å². The second-order valence-corrected chi connectivity index (χ2v) is 5.38. The first-order valence-corrected chi connectivity index (χ1v) is 7.14. The topological polar surface area (TPSA) is 75.6 Å². The van der Waals surface area contributed by atoms with E-state index in [2.05, 4.69) is 12.2 Å². The summed E-state index contributed by atoms with van der Waals surface area (Å²) < 4.78 is 5.35. The van der Waals surface area contributed by atoms with Crippen LogP contribution >= 0.6 is 0 Å². The van der Waals surface area contributed by atoms with Gasteiger partial charge in [0.15, 0.2) is 0 Å². The number of carbonyl (C=O) groups is 2. The minimum absolute atomic E-state index is 0.143. The molecule has 3 atom stereocenters. The molecule has 0 bridgehead atoms. The number of carbonyl (C=O) groups excluding carboxylic acids is 1. The number of carboxylic acids is 1. The number of rotatable bonds is 8. The fraction of sp³-hybridized carbons (Fsp3) is 0.857. The Hall–Kier alpha value is -1.10. The Morgan fingerprint density at radius 3 is 2.58 bits per heavy atom. The summed E-state index contributed by atoms with van der Waals surface area (Å²) in [5, 5.41) is 11.9. The van der Waals surface area contributed by atoms with Crippen LogP contribution in [0.5, 0.6) is 0 Å². The number of ether oxygens (including phenoxy) is 1. The molecule has 0 aliphatic heterocycles. The van der Waals surface area contributed by atoms with Crippen molar-refractivity contribution in [2.75, 3.05) is 19.8 Å². The lowest BCUT2D eigenvalue weighted by atomic mass is 9.95. The number of aliphatic carboxylic acids is 1. The molecule has 1 saturated carbocycles. The molecule has 1 unspecified atom stereocenters. The molecular weight excluding hydrogens is 246 g/mol. The Bertz CT molecular complexity index is 306. The molecule has 0 aromatic heterocycles. The smallest absolute Gasteiger partial charge is 0.307 e. The summed E-state index contributed by atoms with van der Waals surface area (Å²) in [6, 6.07) is 0. The van der Waals surface area contributed by atoms with Crippen LogP contribution in [0.1, 0.15) is 39.5 Å². The predicted molar refractivity (Wildman–Crippen MR) is 71.8 cm³/mol. The average molecular weight is 271 g/mol. The summed E-state index contributed by atoms with van der Waals surface area (Å²) in [5.74, 6) is -1.61. The quantitative estimate of drug-likeness (QED) is 0.658. The van der Waals surface area contributed by atoms with Crippen LogP contribution < -0.4 is 5.32 Å². The van der Waals surface area contributed by atoms with Gasteiger partial charge in [-0.05, 0) is 25.2 Å². The van der Waals surface area contributed by atoms with E-state index in [1.165, 1.54) is 0 Å². The molecule has 0 aromatic carbocycles. The number of unbranched alkanes of at least 4 members (excludes halogenated alkanes) is 1. The summed E-state index contributed by atoms with van der Waals surface area (Å²) in [6.07, 6.45) is 3.38. The van der Waals surface area contributed by atoms with Gasteiger partial charge in [0.25, 0.3) is 0 Å². The number of hydrogen-bond donors (Lipinski definition) is 2. The molecule has 0 saturated heterocycles. The zero-order valence-corrected chi connectivity index (χ0v) is 11.9. The third-order valence-electron chi connectivity index (χ3n) is 3.64. The van der Waals surface area contributed by atoms with E-state index >= 15 is 0 Å². The number of carboxylic acid groups (broad SMARTS) is 1. The Morgan fingerprint density at radius 2 is 1.95 bits per heavy atom. The first-order valence-electron chi connectivity index (χ1n) is 7.14. The van der Waals surface area contributed by atoms with E-state index < -0.39 is 11.9 Å². The van der Waals surface area contributed by atoms with Crippen molar-refractivity contribution in [3.63, 3.8) is 0 Å². The molecule has 0 spiro atoms. The van der Waals surface area contributed by atoms with Crippen LogP contribution in [0.3, 0.4) is 0 Å². The van der Waals surface area contributed by atoms with Gasteiger partial charge in [0.05, 0.1) is 18.4 Å². The maximum Gasteiger partial charge on any atom is 0.307 e. The van der Waals surface area contributed by atoms with Crippen LogP contribution in [0.15, 0.2) is 0 Å². The van der Waals surface area contributed by atoms with E-state index in [1.54, 1.807) is 0 Å². The molecule has 1 aliphatic carbocycles. The van der Waals surface area contributed by atoms with E-state index in [-0.39, 0.29) is 11.8 Å². The number of hydrogen-bond acceptors (Lipinski definition) is 3. The number of amides is 1. The molecular formula is C14H25NO4. The number of nitrogens with one attached hydrogen (secondary N) is 1. The molecule has 0 radical (unpaired) electrons. The van der Waals surface area contributed by atoms with Gasteiger partial charge in [-0.25, -0.2) is 0 Å². The summed E-state index contributed by atoms with van der Waals surface area (Å²) in [7, 11) is 0. The molecule has 1 aliphatic rings. The lowest BCUT2D eigenvalue weighted by Crippen LogP contribution is -2.36. The summed E-state index contributed by atoms with van der Waals surface area (Å²) in [6.45, 7) is 5.76. The van der Waals surface area contributed by atoms with E-state index in [0.717, 1.165) is 12.8 Å². The Labute approximate surface area is 114 Å².